The third kappa shape index (κ3) is 6.27. The van der Waals surface area contributed by atoms with E-state index in [0.717, 1.165) is 24.8 Å². The van der Waals surface area contributed by atoms with Crippen LogP contribution in [-0.4, -0.2) is 26.8 Å². The Morgan fingerprint density at radius 2 is 1.77 bits per heavy atom. The van der Waals surface area contributed by atoms with Crippen LogP contribution in [-0.2, 0) is 0 Å². The topological polar surface area (TPSA) is 113 Å². The summed E-state index contributed by atoms with van der Waals surface area (Å²) in [4.78, 5) is 12.7. The van der Waals surface area contributed by atoms with Crippen LogP contribution in [0.4, 0.5) is 0 Å². The Bertz CT molecular complexity index is 1460. The molecule has 0 aliphatic carbocycles. The molecule has 0 spiro atoms. The van der Waals surface area contributed by atoms with Gasteiger partial charge in [-0.2, -0.15) is 5.26 Å². The van der Waals surface area contributed by atoms with Crippen LogP contribution < -0.4 is 29.4 Å². The number of nitriles is 1. The first-order valence-electron chi connectivity index (χ1n) is 13.0. The first-order chi connectivity index (χ1) is 19.4. The largest absolute Gasteiger partial charge is 0.495 e. The first-order valence-corrected chi connectivity index (χ1v) is 13.4. The fourth-order valence-corrected chi connectivity index (χ4v) is 4.75. The van der Waals surface area contributed by atoms with Crippen LogP contribution in [0.15, 0.2) is 66.1 Å². The second kappa shape index (κ2) is 13.1. The predicted molar refractivity (Wildman–Crippen MR) is 151 cm³/mol. The van der Waals surface area contributed by atoms with Gasteiger partial charge in [-0.1, -0.05) is 49.9 Å². The maximum atomic E-state index is 12.7. The summed E-state index contributed by atoms with van der Waals surface area (Å²) in [5, 5.41) is 10.2. The van der Waals surface area contributed by atoms with Gasteiger partial charge in [0.15, 0.2) is 11.5 Å². The quantitative estimate of drug-likeness (QED) is 0.155. The van der Waals surface area contributed by atoms with Gasteiger partial charge < -0.3 is 29.4 Å². The lowest BCUT2D eigenvalue weighted by molar-refractivity contribution is 0.0734. The molecule has 0 fully saturated rings. The Labute approximate surface area is 238 Å². The lowest BCUT2D eigenvalue weighted by atomic mass is 9.83. The third-order valence-corrected chi connectivity index (χ3v) is 6.86. The normalized spacial score (nSPS) is 14.0. The highest BCUT2D eigenvalue weighted by atomic mass is 35.5. The van der Waals surface area contributed by atoms with Crippen molar-refractivity contribution in [2.24, 2.45) is 5.73 Å². The van der Waals surface area contributed by atoms with Gasteiger partial charge in [0.25, 0.3) is 0 Å². The molecule has 1 atom stereocenters. The number of halogens is 1. The number of hydrogen-bond donors (Lipinski definition) is 1. The molecule has 0 radical (unpaired) electrons. The molecule has 0 saturated heterocycles. The second-order valence-electron chi connectivity index (χ2n) is 9.18. The summed E-state index contributed by atoms with van der Waals surface area (Å²) in [5.41, 5.74) is 8.15. The fourth-order valence-electron chi connectivity index (χ4n) is 4.50. The van der Waals surface area contributed by atoms with Gasteiger partial charge in [0.05, 0.1) is 37.3 Å². The van der Waals surface area contributed by atoms with Gasteiger partial charge in [-0.25, -0.2) is 4.79 Å². The summed E-state index contributed by atoms with van der Waals surface area (Å²) >= 11 is 6.15. The molecule has 3 aromatic rings. The number of nitrogens with two attached hydrogens (primary N) is 1. The Morgan fingerprint density at radius 3 is 2.48 bits per heavy atom. The summed E-state index contributed by atoms with van der Waals surface area (Å²) in [6.07, 6.45) is 4.40. The van der Waals surface area contributed by atoms with Crippen LogP contribution in [0.1, 0.15) is 60.0 Å². The van der Waals surface area contributed by atoms with Gasteiger partial charge in [0.1, 0.15) is 28.9 Å². The number of allylic oxidation sites excluding steroid dienone is 1. The average Bonchev–Trinajstić information content (AvgIpc) is 2.96. The van der Waals surface area contributed by atoms with E-state index in [2.05, 4.69) is 13.0 Å². The fraction of sp³-hybridized carbons (Fsp3) is 0.290. The van der Waals surface area contributed by atoms with Crippen LogP contribution in [0.3, 0.4) is 0 Å². The molecule has 0 bridgehead atoms. The lowest BCUT2D eigenvalue weighted by Gasteiger charge is -2.27. The Hall–Kier alpha value is -4.35. The Balaban J connectivity index is 1.60. The number of fused-ring (bicyclic) bond motifs is 1. The minimum absolute atomic E-state index is 0.0272. The highest BCUT2D eigenvalue weighted by Gasteiger charge is 2.32. The van der Waals surface area contributed by atoms with Crippen LogP contribution in [0.5, 0.6) is 28.7 Å². The number of methoxy groups -OCH3 is 2. The van der Waals surface area contributed by atoms with E-state index in [-0.39, 0.29) is 22.8 Å². The van der Waals surface area contributed by atoms with Gasteiger partial charge in [0, 0.05) is 11.6 Å². The van der Waals surface area contributed by atoms with Crippen LogP contribution in [0.2, 0.25) is 5.02 Å². The summed E-state index contributed by atoms with van der Waals surface area (Å²) in [6, 6.07) is 17.3. The van der Waals surface area contributed by atoms with E-state index in [9.17, 15) is 10.1 Å². The molecule has 208 valence electrons. The third-order valence-electron chi connectivity index (χ3n) is 6.57. The molecule has 40 heavy (non-hydrogen) atoms. The van der Waals surface area contributed by atoms with Crippen molar-refractivity contribution >= 4 is 17.6 Å². The maximum Gasteiger partial charge on any atom is 0.343 e. The van der Waals surface area contributed by atoms with E-state index in [1.165, 1.54) is 19.6 Å². The van der Waals surface area contributed by atoms with E-state index in [4.69, 9.17) is 41.0 Å². The summed E-state index contributed by atoms with van der Waals surface area (Å²) in [6.45, 7) is 2.76. The number of benzene rings is 3. The number of rotatable bonds is 11. The smallest absolute Gasteiger partial charge is 0.343 e. The molecule has 3 aromatic carbocycles. The minimum Gasteiger partial charge on any atom is -0.495 e. The molecule has 4 rings (SSSR count). The number of esters is 1. The zero-order valence-corrected chi connectivity index (χ0v) is 23.4. The number of unbranched alkanes of at least 4 members (excludes halogenated alkanes) is 3. The number of nitrogens with zero attached hydrogens (tertiary/aromatic N) is 1. The first kappa shape index (κ1) is 28.7. The van der Waals surface area contributed by atoms with Gasteiger partial charge >= 0.3 is 5.97 Å². The van der Waals surface area contributed by atoms with Crippen molar-refractivity contribution in [2.45, 2.75) is 38.5 Å². The van der Waals surface area contributed by atoms with Crippen molar-refractivity contribution in [3.8, 4) is 34.8 Å². The summed E-state index contributed by atoms with van der Waals surface area (Å²) in [5.74, 6) is 1.10. The van der Waals surface area contributed by atoms with Crippen LogP contribution in [0, 0.1) is 11.3 Å². The van der Waals surface area contributed by atoms with Crippen molar-refractivity contribution in [3.05, 3.63) is 87.8 Å². The molecule has 0 aromatic heterocycles. The zero-order chi connectivity index (χ0) is 28.6. The van der Waals surface area contributed by atoms with Crippen molar-refractivity contribution in [3.63, 3.8) is 0 Å². The number of carbonyl (C=O) groups is 1. The van der Waals surface area contributed by atoms with E-state index in [1.54, 1.807) is 37.4 Å². The van der Waals surface area contributed by atoms with Gasteiger partial charge in [0.2, 0.25) is 5.88 Å². The molecule has 8 nitrogen and oxygen atoms in total. The molecule has 9 heteroatoms. The standard InChI is InChI=1S/C31H31ClN2O6/c1-4-5-6-7-14-38-26-13-8-19(16-28(26)37-3)29-22-11-10-21(17-27(22)40-30(34)23(29)18-33)39-31(35)20-9-12-25(36-2)24(32)15-20/h8-13,15-17,29H,4-7,14,34H2,1-3H3. The van der Waals surface area contributed by atoms with Crippen LogP contribution in [0.25, 0.3) is 0 Å². The predicted octanol–water partition coefficient (Wildman–Crippen LogP) is 6.75. The van der Waals surface area contributed by atoms with E-state index < -0.39 is 11.9 Å². The molecule has 0 saturated carbocycles. The van der Waals surface area contributed by atoms with Crippen molar-refractivity contribution < 1.29 is 28.5 Å². The number of hydrogen-bond acceptors (Lipinski definition) is 8. The molecule has 1 unspecified atom stereocenters. The molecule has 1 heterocycles. The maximum absolute atomic E-state index is 12.7. The lowest BCUT2D eigenvalue weighted by Crippen LogP contribution is -2.21. The monoisotopic (exact) mass is 562 g/mol. The Kier molecular flexibility index (Phi) is 9.41. The van der Waals surface area contributed by atoms with Gasteiger partial charge in [-0.15, -0.1) is 0 Å². The van der Waals surface area contributed by atoms with Crippen LogP contribution >= 0.6 is 11.6 Å². The van der Waals surface area contributed by atoms with E-state index in [0.29, 0.717) is 40.2 Å². The van der Waals surface area contributed by atoms with E-state index >= 15 is 0 Å². The molecule has 1 aliphatic rings. The molecular formula is C31H31ClN2O6. The Morgan fingerprint density at radius 1 is 1.00 bits per heavy atom. The average molecular weight is 563 g/mol. The molecule has 0 amide bonds. The highest BCUT2D eigenvalue weighted by molar-refractivity contribution is 6.32. The molecular weight excluding hydrogens is 532 g/mol. The number of carbonyl (C=O) groups excluding carboxylic acids is 1. The van der Waals surface area contributed by atoms with Crippen molar-refractivity contribution in [1.29, 1.82) is 5.26 Å². The van der Waals surface area contributed by atoms with Crippen molar-refractivity contribution in [2.75, 3.05) is 20.8 Å². The van der Waals surface area contributed by atoms with Crippen molar-refractivity contribution in [1.82, 2.24) is 0 Å². The summed E-state index contributed by atoms with van der Waals surface area (Å²) < 4.78 is 28.0. The summed E-state index contributed by atoms with van der Waals surface area (Å²) in [7, 11) is 3.07. The SMILES string of the molecule is CCCCCCOc1ccc(C2C(C#N)=C(N)Oc3cc(OC(=O)c4ccc(OC)c(Cl)c4)ccc32)cc1OC. The zero-order valence-electron chi connectivity index (χ0n) is 22.7. The molecule has 2 N–H and O–H groups in total. The minimum atomic E-state index is -0.604. The highest BCUT2D eigenvalue weighted by Crippen LogP contribution is 2.45. The van der Waals surface area contributed by atoms with Gasteiger partial charge in [-0.05, 0) is 48.4 Å². The van der Waals surface area contributed by atoms with E-state index in [1.807, 2.05) is 18.2 Å². The second-order valence-corrected chi connectivity index (χ2v) is 9.59. The molecule has 1 aliphatic heterocycles. The number of ether oxygens (including phenoxy) is 5. The van der Waals surface area contributed by atoms with Gasteiger partial charge in [-0.3, -0.25) is 0 Å².